The third kappa shape index (κ3) is 4.03. The quantitative estimate of drug-likeness (QED) is 0.496. The molecule has 2 aliphatic rings. The highest BCUT2D eigenvalue weighted by atomic mass is 16.1. The Morgan fingerprint density at radius 2 is 2.06 bits per heavy atom. The second-order valence-corrected chi connectivity index (χ2v) is 9.05. The maximum absolute atomic E-state index is 13.1. The molecule has 7 nitrogen and oxygen atoms in total. The Morgan fingerprint density at radius 1 is 1.16 bits per heavy atom. The number of nitrogens with one attached hydrogen (secondary N) is 4. The smallest absolute Gasteiger partial charge is 0.259 e. The molecule has 0 saturated heterocycles. The fourth-order valence-corrected chi connectivity index (χ4v) is 4.48. The van der Waals surface area contributed by atoms with Gasteiger partial charge in [-0.25, -0.2) is 9.97 Å². The summed E-state index contributed by atoms with van der Waals surface area (Å²) in [5, 5.41) is 13.1. The number of hydrogen-bond donors (Lipinski definition) is 4. The number of amides is 1. The highest BCUT2D eigenvalue weighted by molar-refractivity contribution is 6.07. The van der Waals surface area contributed by atoms with Crippen LogP contribution in [0.5, 0.6) is 0 Å². The van der Waals surface area contributed by atoms with Crippen molar-refractivity contribution in [2.24, 2.45) is 0 Å². The molecule has 1 aromatic carbocycles. The Hall–Kier alpha value is -3.45. The molecule has 3 aromatic rings. The number of aromatic nitrogens is 2. The molecule has 0 unspecified atom stereocenters. The summed E-state index contributed by atoms with van der Waals surface area (Å²) in [7, 11) is 0. The minimum absolute atomic E-state index is 0.0810. The number of nitrogens with zero attached hydrogens (tertiary/aromatic N) is 2. The van der Waals surface area contributed by atoms with E-state index >= 15 is 0 Å². The zero-order chi connectivity index (χ0) is 22.1. The van der Waals surface area contributed by atoms with Crippen molar-refractivity contribution in [1.82, 2.24) is 15.3 Å². The summed E-state index contributed by atoms with van der Waals surface area (Å²) in [6.45, 7) is 7.65. The minimum Gasteiger partial charge on any atom is -0.370 e. The van der Waals surface area contributed by atoms with E-state index in [1.54, 1.807) is 18.3 Å². The summed E-state index contributed by atoms with van der Waals surface area (Å²) in [4.78, 5) is 22.1. The molecule has 4 heterocycles. The maximum Gasteiger partial charge on any atom is 0.259 e. The molecule has 0 radical (unpaired) electrons. The van der Waals surface area contributed by atoms with E-state index in [9.17, 15) is 4.79 Å². The van der Waals surface area contributed by atoms with Gasteiger partial charge in [0.15, 0.2) is 0 Å². The number of anilines is 3. The summed E-state index contributed by atoms with van der Waals surface area (Å²) >= 11 is 0. The third-order valence-corrected chi connectivity index (χ3v) is 6.19. The van der Waals surface area contributed by atoms with E-state index in [0.29, 0.717) is 17.9 Å². The predicted molar refractivity (Wildman–Crippen MR) is 127 cm³/mol. The van der Waals surface area contributed by atoms with Crippen molar-refractivity contribution in [3.8, 4) is 0 Å². The Kier molecular flexibility index (Phi) is 5.27. The standard InChI is InChI=1S/C25H28N6O/c1-25(2)15-26-13-17-12-18(7-8-21(17)25)31-24(32)20-4-3-10-27-23(20)29-14-19-6-5-16-9-11-28-22(16)30-19/h3-8,10,12,26H,9,11,13-15H2,1-2H3,(H,27,29)(H,28,30)(H,31,32). The van der Waals surface area contributed by atoms with Crippen molar-refractivity contribution in [3.05, 3.63) is 76.6 Å². The van der Waals surface area contributed by atoms with Crippen molar-refractivity contribution in [2.75, 3.05) is 29.0 Å². The van der Waals surface area contributed by atoms with E-state index in [1.165, 1.54) is 16.7 Å². The van der Waals surface area contributed by atoms with Crippen LogP contribution < -0.4 is 21.3 Å². The maximum atomic E-state index is 13.1. The van der Waals surface area contributed by atoms with Crippen LogP contribution >= 0.6 is 0 Å². The molecule has 0 fully saturated rings. The molecule has 2 aliphatic heterocycles. The topological polar surface area (TPSA) is 91.0 Å². The third-order valence-electron chi connectivity index (χ3n) is 6.19. The second-order valence-electron chi connectivity index (χ2n) is 9.05. The van der Waals surface area contributed by atoms with E-state index in [4.69, 9.17) is 0 Å². The number of carbonyl (C=O) groups is 1. The Balaban J connectivity index is 1.31. The molecule has 2 aromatic heterocycles. The van der Waals surface area contributed by atoms with E-state index in [0.717, 1.165) is 43.3 Å². The lowest BCUT2D eigenvalue weighted by Crippen LogP contribution is -2.38. The summed E-state index contributed by atoms with van der Waals surface area (Å²) in [6, 6.07) is 13.9. The van der Waals surface area contributed by atoms with Crippen LogP contribution in [0.15, 0.2) is 48.7 Å². The van der Waals surface area contributed by atoms with Gasteiger partial charge in [0.1, 0.15) is 11.6 Å². The number of carbonyl (C=O) groups excluding carboxylic acids is 1. The summed E-state index contributed by atoms with van der Waals surface area (Å²) in [6.07, 6.45) is 2.69. The van der Waals surface area contributed by atoms with Gasteiger partial charge in [-0.1, -0.05) is 26.0 Å². The summed E-state index contributed by atoms with van der Waals surface area (Å²) in [5.41, 5.74) is 6.07. The van der Waals surface area contributed by atoms with Gasteiger partial charge in [-0.05, 0) is 53.4 Å². The van der Waals surface area contributed by atoms with Crippen LogP contribution in [0.4, 0.5) is 17.3 Å². The van der Waals surface area contributed by atoms with Gasteiger partial charge < -0.3 is 21.3 Å². The first kappa shape index (κ1) is 20.5. The lowest BCUT2D eigenvalue weighted by Gasteiger charge is -2.33. The number of fused-ring (bicyclic) bond motifs is 2. The highest BCUT2D eigenvalue weighted by Gasteiger charge is 2.27. The molecule has 7 heteroatoms. The largest absolute Gasteiger partial charge is 0.370 e. The van der Waals surface area contributed by atoms with E-state index < -0.39 is 0 Å². The Bertz CT molecular complexity index is 1170. The second kappa shape index (κ2) is 8.24. The van der Waals surface area contributed by atoms with Crippen LogP contribution in [0.3, 0.4) is 0 Å². The molecule has 0 aliphatic carbocycles. The molecular formula is C25H28N6O. The number of benzene rings is 1. The molecule has 0 saturated carbocycles. The van der Waals surface area contributed by atoms with Gasteiger partial charge in [-0.15, -0.1) is 0 Å². The number of pyridine rings is 2. The van der Waals surface area contributed by atoms with Gasteiger partial charge in [0.25, 0.3) is 5.91 Å². The van der Waals surface area contributed by atoms with Gasteiger partial charge in [0.2, 0.25) is 0 Å². The zero-order valence-electron chi connectivity index (χ0n) is 18.5. The zero-order valence-corrected chi connectivity index (χ0v) is 18.5. The van der Waals surface area contributed by atoms with E-state index in [1.807, 2.05) is 12.1 Å². The Morgan fingerprint density at radius 3 is 2.97 bits per heavy atom. The molecule has 0 bridgehead atoms. The number of rotatable bonds is 5. The predicted octanol–water partition coefficient (Wildman–Crippen LogP) is 3.69. The summed E-state index contributed by atoms with van der Waals surface area (Å²) < 4.78 is 0. The van der Waals surface area contributed by atoms with Crippen molar-refractivity contribution in [2.45, 2.75) is 38.8 Å². The first-order chi connectivity index (χ1) is 15.5. The lowest BCUT2D eigenvalue weighted by molar-refractivity contribution is 0.102. The fraction of sp³-hybridized carbons (Fsp3) is 0.320. The average Bonchev–Trinajstić information content (AvgIpc) is 3.25. The van der Waals surface area contributed by atoms with Gasteiger partial charge in [0.05, 0.1) is 17.8 Å². The van der Waals surface area contributed by atoms with E-state index in [-0.39, 0.29) is 11.3 Å². The van der Waals surface area contributed by atoms with Gasteiger partial charge in [0, 0.05) is 36.9 Å². The van der Waals surface area contributed by atoms with Crippen LogP contribution in [0.1, 0.15) is 46.6 Å². The minimum atomic E-state index is -0.188. The van der Waals surface area contributed by atoms with Crippen molar-refractivity contribution in [1.29, 1.82) is 0 Å². The molecule has 0 atom stereocenters. The van der Waals surface area contributed by atoms with Crippen LogP contribution in [-0.4, -0.2) is 29.0 Å². The molecule has 0 spiro atoms. The SMILES string of the molecule is CC1(C)CNCc2cc(NC(=O)c3cccnc3NCc3ccc4c(n3)NCC4)ccc21. The van der Waals surface area contributed by atoms with Crippen molar-refractivity contribution in [3.63, 3.8) is 0 Å². The van der Waals surface area contributed by atoms with Crippen molar-refractivity contribution < 1.29 is 4.79 Å². The molecule has 1 amide bonds. The molecule has 4 N–H and O–H groups in total. The first-order valence-corrected chi connectivity index (χ1v) is 11.1. The van der Waals surface area contributed by atoms with Crippen LogP contribution in [0, 0.1) is 0 Å². The number of hydrogen-bond acceptors (Lipinski definition) is 6. The molecule has 32 heavy (non-hydrogen) atoms. The van der Waals surface area contributed by atoms with Crippen LogP contribution in [0.25, 0.3) is 0 Å². The Labute approximate surface area is 188 Å². The lowest BCUT2D eigenvalue weighted by atomic mass is 9.79. The molecule has 5 rings (SSSR count). The van der Waals surface area contributed by atoms with E-state index in [2.05, 4.69) is 63.3 Å². The van der Waals surface area contributed by atoms with Crippen LogP contribution in [0.2, 0.25) is 0 Å². The normalized spacial score (nSPS) is 15.9. The average molecular weight is 429 g/mol. The van der Waals surface area contributed by atoms with Gasteiger partial charge in [-0.2, -0.15) is 0 Å². The highest BCUT2D eigenvalue weighted by Crippen LogP contribution is 2.31. The van der Waals surface area contributed by atoms with Crippen LogP contribution in [-0.2, 0) is 24.9 Å². The monoisotopic (exact) mass is 428 g/mol. The summed E-state index contributed by atoms with van der Waals surface area (Å²) in [5.74, 6) is 1.31. The fourth-order valence-electron chi connectivity index (χ4n) is 4.48. The molecule has 164 valence electrons. The van der Waals surface area contributed by atoms with Gasteiger partial charge >= 0.3 is 0 Å². The first-order valence-electron chi connectivity index (χ1n) is 11.1. The van der Waals surface area contributed by atoms with Crippen molar-refractivity contribution >= 4 is 23.2 Å². The van der Waals surface area contributed by atoms with Gasteiger partial charge in [-0.3, -0.25) is 4.79 Å². The molecular weight excluding hydrogens is 400 g/mol.